The predicted octanol–water partition coefficient (Wildman–Crippen LogP) is 0.767. The molecule has 2 aliphatic rings. The molecule has 31 heavy (non-hydrogen) atoms. The van der Waals surface area contributed by atoms with Crippen molar-refractivity contribution in [3.8, 4) is 0 Å². The summed E-state index contributed by atoms with van der Waals surface area (Å²) in [6.07, 6.45) is -2.27. The quantitative estimate of drug-likeness (QED) is 0.560. The highest BCUT2D eigenvalue weighted by Crippen LogP contribution is 2.25. The molecule has 0 unspecified atom stereocenters. The fraction of sp³-hybridized carbons (Fsp3) is 0.652. The number of ether oxygens (including phenoxy) is 1. The zero-order valence-electron chi connectivity index (χ0n) is 18.4. The Hall–Kier alpha value is -2.16. The molecule has 2 aliphatic heterocycles. The Bertz CT molecular complexity index is 719. The maximum Gasteiger partial charge on any atom is 0.225 e. The van der Waals surface area contributed by atoms with E-state index in [1.54, 1.807) is 4.90 Å². The fourth-order valence-electron chi connectivity index (χ4n) is 4.32. The average molecular weight is 434 g/mol. The van der Waals surface area contributed by atoms with Crippen LogP contribution in [0, 0.1) is 5.92 Å². The van der Waals surface area contributed by atoms with E-state index in [9.17, 15) is 19.8 Å². The number of para-hydroxylation sites is 1. The summed E-state index contributed by atoms with van der Waals surface area (Å²) >= 11 is 0. The lowest BCUT2D eigenvalue weighted by molar-refractivity contribution is -0.136. The van der Waals surface area contributed by atoms with Crippen LogP contribution in [0.15, 0.2) is 30.3 Å². The van der Waals surface area contributed by atoms with Gasteiger partial charge in [0.1, 0.15) is 18.3 Å². The summed E-state index contributed by atoms with van der Waals surface area (Å²) < 4.78 is 5.76. The van der Waals surface area contributed by atoms with Gasteiger partial charge in [-0.15, -0.1) is 0 Å². The van der Waals surface area contributed by atoms with Gasteiger partial charge in [-0.25, -0.2) is 0 Å². The van der Waals surface area contributed by atoms with Gasteiger partial charge < -0.3 is 30.1 Å². The smallest absolute Gasteiger partial charge is 0.225 e. The number of benzene rings is 1. The molecule has 2 saturated heterocycles. The van der Waals surface area contributed by atoms with E-state index in [4.69, 9.17) is 4.74 Å². The van der Waals surface area contributed by atoms with Crippen LogP contribution in [0.25, 0.3) is 0 Å². The monoisotopic (exact) mass is 433 g/mol. The predicted molar refractivity (Wildman–Crippen MR) is 118 cm³/mol. The van der Waals surface area contributed by atoms with Crippen LogP contribution in [-0.4, -0.2) is 84.1 Å². The number of rotatable bonds is 8. The molecule has 2 amide bonds. The van der Waals surface area contributed by atoms with Crippen LogP contribution < -0.4 is 10.2 Å². The van der Waals surface area contributed by atoms with E-state index in [2.05, 4.69) is 22.3 Å². The maximum absolute atomic E-state index is 12.8. The third-order valence-corrected chi connectivity index (χ3v) is 6.42. The molecule has 3 rings (SSSR count). The van der Waals surface area contributed by atoms with Gasteiger partial charge in [0.2, 0.25) is 11.8 Å². The number of aliphatic hydroxyl groups excluding tert-OH is 2. The molecule has 8 nitrogen and oxygen atoms in total. The second kappa shape index (κ2) is 10.9. The van der Waals surface area contributed by atoms with Crippen molar-refractivity contribution in [2.24, 2.45) is 5.92 Å². The SMILES string of the molecule is CCC(CC)C(=O)NC[C@@H]1O[C@@H](CC(=O)N2CCN(c3ccccc3)CC2)[C@H](O)[C@@H]1O. The summed E-state index contributed by atoms with van der Waals surface area (Å²) in [5, 5.41) is 23.5. The van der Waals surface area contributed by atoms with Gasteiger partial charge in [-0.1, -0.05) is 32.0 Å². The maximum atomic E-state index is 12.8. The van der Waals surface area contributed by atoms with Gasteiger partial charge in [0.25, 0.3) is 0 Å². The van der Waals surface area contributed by atoms with Crippen LogP contribution in [0.2, 0.25) is 0 Å². The Morgan fingerprint density at radius 1 is 1.03 bits per heavy atom. The molecule has 2 heterocycles. The third kappa shape index (κ3) is 5.75. The van der Waals surface area contributed by atoms with Gasteiger partial charge in [-0.3, -0.25) is 9.59 Å². The van der Waals surface area contributed by atoms with E-state index in [-0.39, 0.29) is 30.7 Å². The van der Waals surface area contributed by atoms with E-state index >= 15 is 0 Å². The molecule has 0 bridgehead atoms. The van der Waals surface area contributed by atoms with Gasteiger partial charge in [-0.05, 0) is 25.0 Å². The number of hydrogen-bond donors (Lipinski definition) is 3. The van der Waals surface area contributed by atoms with Gasteiger partial charge in [0, 0.05) is 44.3 Å². The van der Waals surface area contributed by atoms with Crippen LogP contribution in [0.1, 0.15) is 33.1 Å². The van der Waals surface area contributed by atoms with Crippen molar-refractivity contribution in [2.45, 2.75) is 57.5 Å². The Morgan fingerprint density at radius 3 is 2.26 bits per heavy atom. The molecule has 3 N–H and O–H groups in total. The number of nitrogens with one attached hydrogen (secondary N) is 1. The average Bonchev–Trinajstić information content (AvgIpc) is 3.07. The number of amides is 2. The van der Waals surface area contributed by atoms with Gasteiger partial charge in [0.05, 0.1) is 12.5 Å². The summed E-state index contributed by atoms with van der Waals surface area (Å²) in [4.78, 5) is 28.9. The summed E-state index contributed by atoms with van der Waals surface area (Å²) in [5.41, 5.74) is 1.14. The third-order valence-electron chi connectivity index (χ3n) is 6.42. The van der Waals surface area contributed by atoms with Crippen LogP contribution >= 0.6 is 0 Å². The number of aliphatic hydroxyl groups is 2. The lowest BCUT2D eigenvalue weighted by atomic mass is 10.0. The van der Waals surface area contributed by atoms with Crippen molar-refractivity contribution in [2.75, 3.05) is 37.6 Å². The second-order valence-corrected chi connectivity index (χ2v) is 8.36. The largest absolute Gasteiger partial charge is 0.388 e. The first-order valence-electron chi connectivity index (χ1n) is 11.3. The topological polar surface area (TPSA) is 102 Å². The van der Waals surface area contributed by atoms with Crippen molar-refractivity contribution >= 4 is 17.5 Å². The van der Waals surface area contributed by atoms with E-state index in [1.807, 2.05) is 32.0 Å². The Labute approximate surface area is 184 Å². The van der Waals surface area contributed by atoms with Crippen LogP contribution in [0.3, 0.4) is 0 Å². The number of piperazine rings is 1. The molecule has 0 aliphatic carbocycles. The highest BCUT2D eigenvalue weighted by molar-refractivity contribution is 5.78. The van der Waals surface area contributed by atoms with E-state index in [0.29, 0.717) is 13.1 Å². The molecule has 1 aromatic carbocycles. The number of anilines is 1. The molecule has 0 spiro atoms. The van der Waals surface area contributed by atoms with Gasteiger partial charge >= 0.3 is 0 Å². The van der Waals surface area contributed by atoms with Crippen LogP contribution in [-0.2, 0) is 14.3 Å². The van der Waals surface area contributed by atoms with Crippen molar-refractivity contribution in [1.29, 1.82) is 0 Å². The highest BCUT2D eigenvalue weighted by Gasteiger charge is 2.44. The first-order valence-corrected chi connectivity index (χ1v) is 11.3. The number of hydrogen-bond acceptors (Lipinski definition) is 6. The number of nitrogens with zero attached hydrogens (tertiary/aromatic N) is 2. The zero-order chi connectivity index (χ0) is 22.4. The van der Waals surface area contributed by atoms with Crippen molar-refractivity contribution in [3.63, 3.8) is 0 Å². The van der Waals surface area contributed by atoms with Crippen LogP contribution in [0.5, 0.6) is 0 Å². The summed E-state index contributed by atoms with van der Waals surface area (Å²) in [5.74, 6) is -0.243. The molecular weight excluding hydrogens is 398 g/mol. The van der Waals surface area contributed by atoms with E-state index < -0.39 is 24.4 Å². The summed E-state index contributed by atoms with van der Waals surface area (Å²) in [6, 6.07) is 10.1. The Kier molecular flexibility index (Phi) is 8.28. The Morgan fingerprint density at radius 2 is 1.65 bits per heavy atom. The molecule has 8 heteroatoms. The molecule has 172 valence electrons. The van der Waals surface area contributed by atoms with Crippen molar-refractivity contribution in [1.82, 2.24) is 10.2 Å². The Balaban J connectivity index is 1.46. The number of carbonyl (C=O) groups excluding carboxylic acids is 2. The second-order valence-electron chi connectivity index (χ2n) is 8.36. The summed E-state index contributed by atoms with van der Waals surface area (Å²) in [7, 11) is 0. The van der Waals surface area contributed by atoms with Gasteiger partial charge in [-0.2, -0.15) is 0 Å². The van der Waals surface area contributed by atoms with Crippen LogP contribution in [0.4, 0.5) is 5.69 Å². The lowest BCUT2D eigenvalue weighted by Gasteiger charge is -2.36. The molecular formula is C23H35N3O5. The van der Waals surface area contributed by atoms with Crippen molar-refractivity contribution in [3.05, 3.63) is 30.3 Å². The minimum Gasteiger partial charge on any atom is -0.388 e. The molecule has 4 atom stereocenters. The molecule has 1 aromatic rings. The number of carbonyl (C=O) groups is 2. The first-order chi connectivity index (χ1) is 14.9. The van der Waals surface area contributed by atoms with E-state index in [1.165, 1.54) is 0 Å². The lowest BCUT2D eigenvalue weighted by Crippen LogP contribution is -2.49. The fourth-order valence-corrected chi connectivity index (χ4v) is 4.32. The molecule has 0 aromatic heterocycles. The van der Waals surface area contributed by atoms with E-state index in [0.717, 1.165) is 31.6 Å². The van der Waals surface area contributed by atoms with Gasteiger partial charge in [0.15, 0.2) is 0 Å². The minimum absolute atomic E-state index is 0.0144. The zero-order valence-corrected chi connectivity index (χ0v) is 18.4. The minimum atomic E-state index is -1.15. The molecule has 2 fully saturated rings. The first kappa shape index (κ1) is 23.5. The standard InChI is InChI=1S/C23H35N3O5/c1-3-16(4-2)23(30)24-15-19-22(29)21(28)18(31-19)14-20(27)26-12-10-25(11-13-26)17-8-6-5-7-9-17/h5-9,16,18-19,21-22,28-29H,3-4,10-15H2,1-2H3,(H,24,30)/t18-,19-,21-,22+/m0/s1. The molecule has 0 radical (unpaired) electrons. The summed E-state index contributed by atoms with van der Waals surface area (Å²) in [6.45, 7) is 6.74. The highest BCUT2D eigenvalue weighted by atomic mass is 16.5. The molecule has 0 saturated carbocycles. The normalized spacial score (nSPS) is 26.4. The van der Waals surface area contributed by atoms with Crippen molar-refractivity contribution < 1.29 is 24.5 Å².